The second-order valence-corrected chi connectivity index (χ2v) is 6.02. The Labute approximate surface area is 127 Å². The van der Waals surface area contributed by atoms with Crippen molar-refractivity contribution in [2.45, 2.75) is 25.3 Å². The fourth-order valence-corrected chi connectivity index (χ4v) is 2.49. The van der Waals surface area contributed by atoms with Crippen LogP contribution in [-0.2, 0) is 6.42 Å². The van der Waals surface area contributed by atoms with Gasteiger partial charge in [-0.2, -0.15) is 0 Å². The summed E-state index contributed by atoms with van der Waals surface area (Å²) in [6.45, 7) is 2.15. The lowest BCUT2D eigenvalue weighted by Crippen LogP contribution is -2.45. The van der Waals surface area contributed by atoms with Crippen molar-refractivity contribution in [1.29, 1.82) is 0 Å². The molecular formula is C19H23NO. The van der Waals surface area contributed by atoms with Gasteiger partial charge < -0.3 is 4.90 Å². The van der Waals surface area contributed by atoms with E-state index in [1.54, 1.807) is 0 Å². The lowest BCUT2D eigenvalue weighted by molar-refractivity contribution is 0.0858. The molecule has 21 heavy (non-hydrogen) atoms. The summed E-state index contributed by atoms with van der Waals surface area (Å²) in [4.78, 5) is 14.7. The topological polar surface area (TPSA) is 20.3 Å². The summed E-state index contributed by atoms with van der Waals surface area (Å²) in [5.74, 6) is 0.197. The Balaban J connectivity index is 2.17. The zero-order valence-corrected chi connectivity index (χ0v) is 13.0. The predicted octanol–water partition coefficient (Wildman–Crippen LogP) is 3.82. The van der Waals surface area contributed by atoms with Crippen LogP contribution in [0.3, 0.4) is 0 Å². The Morgan fingerprint density at radius 1 is 0.952 bits per heavy atom. The maximum absolute atomic E-state index is 12.5. The van der Waals surface area contributed by atoms with E-state index < -0.39 is 0 Å². The molecule has 0 saturated carbocycles. The van der Waals surface area contributed by atoms with Gasteiger partial charge in [-0.05, 0) is 33.0 Å². The first kappa shape index (κ1) is 15.5. The normalized spacial score (nSPS) is 13.9. The van der Waals surface area contributed by atoms with Gasteiger partial charge >= 0.3 is 0 Å². The molecule has 110 valence electrons. The Morgan fingerprint density at radius 3 is 2.00 bits per heavy atom. The van der Waals surface area contributed by atoms with E-state index in [0.29, 0.717) is 6.42 Å². The molecule has 2 rings (SSSR count). The van der Waals surface area contributed by atoms with Crippen molar-refractivity contribution < 1.29 is 4.79 Å². The molecule has 0 aliphatic rings. The minimum atomic E-state index is -0.186. The van der Waals surface area contributed by atoms with E-state index in [2.05, 4.69) is 24.0 Å². The van der Waals surface area contributed by atoms with E-state index in [-0.39, 0.29) is 11.3 Å². The molecule has 0 aliphatic carbocycles. The number of ketones is 1. The van der Waals surface area contributed by atoms with Crippen LogP contribution in [0, 0.1) is 0 Å². The monoisotopic (exact) mass is 281 g/mol. The van der Waals surface area contributed by atoms with E-state index >= 15 is 0 Å². The van der Waals surface area contributed by atoms with Gasteiger partial charge in [0.25, 0.3) is 0 Å². The Kier molecular flexibility index (Phi) is 4.92. The first-order chi connectivity index (χ1) is 10.0. The molecular weight excluding hydrogens is 258 g/mol. The van der Waals surface area contributed by atoms with Gasteiger partial charge in [0.2, 0.25) is 0 Å². The van der Waals surface area contributed by atoms with E-state index in [1.165, 1.54) is 5.56 Å². The number of benzene rings is 2. The summed E-state index contributed by atoms with van der Waals surface area (Å²) in [7, 11) is 4.09. The highest BCUT2D eigenvalue weighted by molar-refractivity contribution is 5.96. The number of carbonyl (C=O) groups excluding carboxylic acids is 1. The summed E-state index contributed by atoms with van der Waals surface area (Å²) in [5.41, 5.74) is 1.86. The maximum Gasteiger partial charge on any atom is 0.164 e. The van der Waals surface area contributed by atoms with Gasteiger partial charge in [-0.1, -0.05) is 60.7 Å². The molecule has 0 aromatic heterocycles. The summed E-state index contributed by atoms with van der Waals surface area (Å²) < 4.78 is 0. The van der Waals surface area contributed by atoms with Crippen LogP contribution in [0.25, 0.3) is 0 Å². The zero-order chi connectivity index (χ0) is 15.3. The van der Waals surface area contributed by atoms with Gasteiger partial charge in [-0.25, -0.2) is 0 Å². The maximum atomic E-state index is 12.5. The highest BCUT2D eigenvalue weighted by Gasteiger charge is 2.30. The third-order valence-corrected chi connectivity index (χ3v) is 4.14. The number of hydrogen-bond acceptors (Lipinski definition) is 2. The Morgan fingerprint density at radius 2 is 1.48 bits per heavy atom. The third-order valence-electron chi connectivity index (χ3n) is 4.14. The average molecular weight is 281 g/mol. The molecule has 2 nitrogen and oxygen atoms in total. The number of likely N-dealkylation sites (N-methyl/N-ethyl adjacent to an activating group) is 1. The van der Waals surface area contributed by atoms with Crippen molar-refractivity contribution in [1.82, 2.24) is 4.90 Å². The van der Waals surface area contributed by atoms with Crippen molar-refractivity contribution in [3.8, 4) is 0 Å². The molecule has 1 unspecified atom stereocenters. The summed E-state index contributed by atoms with van der Waals surface area (Å²) in [6, 6.07) is 19.9. The molecule has 0 aliphatic heterocycles. The van der Waals surface area contributed by atoms with Crippen LogP contribution in [0.4, 0.5) is 0 Å². The number of rotatable bonds is 6. The average Bonchev–Trinajstić information content (AvgIpc) is 2.49. The van der Waals surface area contributed by atoms with Crippen LogP contribution < -0.4 is 0 Å². The molecule has 2 heteroatoms. The van der Waals surface area contributed by atoms with Crippen molar-refractivity contribution in [3.63, 3.8) is 0 Å². The Bertz CT molecular complexity index is 577. The van der Waals surface area contributed by atoms with E-state index in [9.17, 15) is 4.79 Å². The molecule has 0 saturated heterocycles. The van der Waals surface area contributed by atoms with Crippen molar-refractivity contribution in [3.05, 3.63) is 71.8 Å². The molecule has 1 atom stereocenters. The van der Waals surface area contributed by atoms with E-state index in [0.717, 1.165) is 12.0 Å². The molecule has 0 bridgehead atoms. The molecule has 0 fully saturated rings. The molecule has 0 N–H and O–H groups in total. The fraction of sp³-hybridized carbons (Fsp3) is 0.316. The van der Waals surface area contributed by atoms with Crippen molar-refractivity contribution in [2.24, 2.45) is 0 Å². The van der Waals surface area contributed by atoms with Gasteiger partial charge in [0, 0.05) is 17.5 Å². The van der Waals surface area contributed by atoms with Gasteiger partial charge in [-0.3, -0.25) is 4.79 Å². The highest BCUT2D eigenvalue weighted by atomic mass is 16.1. The van der Waals surface area contributed by atoms with E-state index in [4.69, 9.17) is 0 Å². The molecule has 0 radical (unpaired) electrons. The highest BCUT2D eigenvalue weighted by Crippen LogP contribution is 2.24. The Hall–Kier alpha value is -1.93. The number of hydrogen-bond donors (Lipinski definition) is 0. The summed E-state index contributed by atoms with van der Waals surface area (Å²) >= 11 is 0. The van der Waals surface area contributed by atoms with Crippen LogP contribution in [0.2, 0.25) is 0 Å². The lowest BCUT2D eigenvalue weighted by atomic mass is 9.85. The summed E-state index contributed by atoms with van der Waals surface area (Å²) in [5, 5.41) is 0. The minimum absolute atomic E-state index is 0.186. The second kappa shape index (κ2) is 6.68. The largest absolute Gasteiger partial charge is 0.303 e. The van der Waals surface area contributed by atoms with Crippen LogP contribution in [0.1, 0.15) is 29.3 Å². The minimum Gasteiger partial charge on any atom is -0.303 e. The van der Waals surface area contributed by atoms with Gasteiger partial charge in [0.15, 0.2) is 5.78 Å². The zero-order valence-electron chi connectivity index (χ0n) is 13.0. The van der Waals surface area contributed by atoms with Crippen LogP contribution >= 0.6 is 0 Å². The smallest absolute Gasteiger partial charge is 0.164 e. The first-order valence-corrected chi connectivity index (χ1v) is 7.31. The molecule has 2 aromatic carbocycles. The summed E-state index contributed by atoms with van der Waals surface area (Å²) in [6.07, 6.45) is 1.37. The van der Waals surface area contributed by atoms with Gasteiger partial charge in [0.05, 0.1) is 0 Å². The fourth-order valence-electron chi connectivity index (χ4n) is 2.49. The number of nitrogens with zero attached hydrogens (tertiary/aromatic N) is 1. The van der Waals surface area contributed by atoms with Gasteiger partial charge in [0.1, 0.15) is 0 Å². The molecule has 0 amide bonds. The van der Waals surface area contributed by atoms with Crippen molar-refractivity contribution in [2.75, 3.05) is 14.1 Å². The predicted molar refractivity (Wildman–Crippen MR) is 87.6 cm³/mol. The van der Waals surface area contributed by atoms with Crippen molar-refractivity contribution >= 4 is 5.78 Å². The standard InChI is InChI=1S/C19H23NO/c1-19(20(2)3,14-16-10-6-4-7-11-16)15-18(21)17-12-8-5-9-13-17/h4-13H,14-15H2,1-3H3. The number of carbonyl (C=O) groups is 1. The van der Waals surface area contributed by atoms with Crippen LogP contribution in [0.5, 0.6) is 0 Å². The molecule has 2 aromatic rings. The lowest BCUT2D eigenvalue weighted by Gasteiger charge is -2.36. The van der Waals surface area contributed by atoms with Crippen LogP contribution in [0.15, 0.2) is 60.7 Å². The first-order valence-electron chi connectivity index (χ1n) is 7.31. The van der Waals surface area contributed by atoms with Crippen LogP contribution in [-0.4, -0.2) is 30.3 Å². The SMILES string of the molecule is CN(C)C(C)(CC(=O)c1ccccc1)Cc1ccccc1. The molecule has 0 heterocycles. The molecule has 0 spiro atoms. The quantitative estimate of drug-likeness (QED) is 0.750. The van der Waals surface area contributed by atoms with Gasteiger partial charge in [-0.15, -0.1) is 0 Å². The number of Topliss-reactive ketones (excluding diaryl/α,β-unsaturated/α-hetero) is 1. The third kappa shape index (κ3) is 4.02. The second-order valence-electron chi connectivity index (χ2n) is 6.02. The van der Waals surface area contributed by atoms with E-state index in [1.807, 2.05) is 62.6 Å².